The molecule has 1 saturated carbocycles. The van der Waals surface area contributed by atoms with Crippen molar-refractivity contribution in [2.24, 2.45) is 0 Å². The highest BCUT2D eigenvalue weighted by molar-refractivity contribution is 7.80. The van der Waals surface area contributed by atoms with E-state index in [4.69, 9.17) is 22.7 Å². The first-order valence-corrected chi connectivity index (χ1v) is 11.9. The maximum absolute atomic E-state index is 12.4. The standard InChI is InChI=1S/C19H24N2OS.C9H9N/c1-15(22)19(12-4-5-13-19)21(16(2)23)18-10-8-17(9-11-18)7-3-6-14-20;1-7-3-4-9(6-10)8(2)5-7/h8-11H,3-7,12-13H2,1-2H3;3-5H,1-2H3. The fourth-order valence-corrected chi connectivity index (χ4v) is 4.83. The molecule has 2 aromatic rings. The molecule has 0 bridgehead atoms. The topological polar surface area (TPSA) is 67.9 Å². The molecule has 0 saturated heterocycles. The highest BCUT2D eigenvalue weighted by atomic mass is 32.1. The third-order valence-electron chi connectivity index (χ3n) is 6.28. The molecule has 0 aliphatic heterocycles. The van der Waals surface area contributed by atoms with Gasteiger partial charge in [0.05, 0.1) is 22.7 Å². The Hall–Kier alpha value is -3.02. The monoisotopic (exact) mass is 459 g/mol. The zero-order chi connectivity index (χ0) is 24.4. The summed E-state index contributed by atoms with van der Waals surface area (Å²) in [6.45, 7) is 7.56. The van der Waals surface area contributed by atoms with Crippen LogP contribution in [0.4, 0.5) is 5.69 Å². The predicted molar refractivity (Wildman–Crippen MR) is 138 cm³/mol. The van der Waals surface area contributed by atoms with Gasteiger partial charge >= 0.3 is 0 Å². The van der Waals surface area contributed by atoms with Crippen LogP contribution in [0.25, 0.3) is 0 Å². The van der Waals surface area contributed by atoms with Crippen molar-refractivity contribution in [3.8, 4) is 12.1 Å². The average molecular weight is 460 g/mol. The Kier molecular flexibility index (Phi) is 9.76. The summed E-state index contributed by atoms with van der Waals surface area (Å²) in [5.74, 6) is 0.206. The van der Waals surface area contributed by atoms with E-state index in [2.05, 4.69) is 41.3 Å². The maximum atomic E-state index is 12.4. The van der Waals surface area contributed by atoms with Crippen LogP contribution in [0.3, 0.4) is 0 Å². The van der Waals surface area contributed by atoms with Gasteiger partial charge in [-0.3, -0.25) is 4.79 Å². The molecular formula is C28H33N3OS. The predicted octanol–water partition coefficient (Wildman–Crippen LogP) is 6.76. The minimum absolute atomic E-state index is 0.206. The second-order valence-corrected chi connectivity index (χ2v) is 9.35. The Balaban J connectivity index is 0.000000321. The molecule has 2 aromatic carbocycles. The molecular weight excluding hydrogens is 426 g/mol. The number of benzene rings is 2. The van der Waals surface area contributed by atoms with Crippen molar-refractivity contribution in [3.05, 3.63) is 64.7 Å². The van der Waals surface area contributed by atoms with Crippen LogP contribution in [-0.4, -0.2) is 16.3 Å². The molecule has 1 fully saturated rings. The van der Waals surface area contributed by atoms with Crippen LogP contribution in [0, 0.1) is 36.5 Å². The minimum atomic E-state index is -0.464. The lowest BCUT2D eigenvalue weighted by atomic mass is 9.89. The normalized spacial score (nSPS) is 13.8. The number of nitrogens with zero attached hydrogens (tertiary/aromatic N) is 3. The van der Waals surface area contributed by atoms with E-state index in [-0.39, 0.29) is 5.78 Å². The number of hydrogen-bond donors (Lipinski definition) is 0. The number of ketones is 1. The lowest BCUT2D eigenvalue weighted by molar-refractivity contribution is -0.121. The lowest BCUT2D eigenvalue weighted by Crippen LogP contribution is -2.54. The van der Waals surface area contributed by atoms with Gasteiger partial charge in [0.15, 0.2) is 5.78 Å². The zero-order valence-electron chi connectivity index (χ0n) is 20.1. The van der Waals surface area contributed by atoms with Crippen LogP contribution in [0.5, 0.6) is 0 Å². The van der Waals surface area contributed by atoms with Crippen LogP contribution in [-0.2, 0) is 11.2 Å². The number of rotatable bonds is 6. The number of anilines is 1. The molecule has 0 radical (unpaired) electrons. The molecule has 0 N–H and O–H groups in total. The van der Waals surface area contributed by atoms with Crippen LogP contribution in [0.2, 0.25) is 0 Å². The highest BCUT2D eigenvalue weighted by Gasteiger charge is 2.44. The molecule has 0 aromatic heterocycles. The van der Waals surface area contributed by atoms with Gasteiger partial charge in [-0.25, -0.2) is 0 Å². The third-order valence-corrected chi connectivity index (χ3v) is 6.46. The molecule has 172 valence electrons. The number of unbranched alkanes of at least 4 members (excludes halogenated alkanes) is 1. The Labute approximate surface area is 203 Å². The molecule has 1 aliphatic carbocycles. The molecule has 0 unspecified atom stereocenters. The summed E-state index contributed by atoms with van der Waals surface area (Å²) in [7, 11) is 0. The molecule has 33 heavy (non-hydrogen) atoms. The van der Waals surface area contributed by atoms with Gasteiger partial charge in [0.25, 0.3) is 0 Å². The summed E-state index contributed by atoms with van der Waals surface area (Å²) in [6.07, 6.45) is 6.27. The summed E-state index contributed by atoms with van der Waals surface area (Å²) in [6, 6.07) is 18.4. The number of carbonyl (C=O) groups excluding carboxylic acids is 1. The SMILES string of the molecule is CC(=O)C1(N(C(C)=S)c2ccc(CCCC#N)cc2)CCCC1.Cc1ccc(C#N)c(C)c1. The van der Waals surface area contributed by atoms with Crippen molar-refractivity contribution >= 4 is 28.7 Å². The summed E-state index contributed by atoms with van der Waals surface area (Å²) in [4.78, 5) is 15.2. The van der Waals surface area contributed by atoms with E-state index in [1.54, 1.807) is 6.92 Å². The van der Waals surface area contributed by atoms with Gasteiger partial charge in [0.2, 0.25) is 0 Å². The second kappa shape index (κ2) is 12.3. The van der Waals surface area contributed by atoms with Crippen LogP contribution < -0.4 is 4.90 Å². The molecule has 5 heteroatoms. The minimum Gasteiger partial charge on any atom is -0.323 e. The van der Waals surface area contributed by atoms with E-state index in [0.717, 1.165) is 60.3 Å². The Morgan fingerprint density at radius 2 is 1.70 bits per heavy atom. The summed E-state index contributed by atoms with van der Waals surface area (Å²) >= 11 is 5.48. The maximum Gasteiger partial charge on any atom is 0.155 e. The number of nitriles is 2. The fraction of sp³-hybridized carbons (Fsp3) is 0.429. The summed E-state index contributed by atoms with van der Waals surface area (Å²) in [5.41, 5.74) is 4.78. The van der Waals surface area contributed by atoms with Crippen LogP contribution in [0.1, 0.15) is 74.6 Å². The largest absolute Gasteiger partial charge is 0.323 e. The number of Topliss-reactive ketones (excluding diaryl/α,β-unsaturated/α-hetero) is 1. The number of aryl methyl sites for hydroxylation is 3. The first kappa shape index (κ1) is 26.2. The number of thiocarbonyl (C=S) groups is 1. The van der Waals surface area contributed by atoms with E-state index in [1.165, 1.54) is 11.1 Å². The first-order chi connectivity index (χ1) is 15.7. The average Bonchev–Trinajstić information content (AvgIpc) is 3.26. The van der Waals surface area contributed by atoms with Crippen LogP contribution >= 0.6 is 12.2 Å². The molecule has 3 rings (SSSR count). The lowest BCUT2D eigenvalue weighted by Gasteiger charge is -2.40. The van der Waals surface area contributed by atoms with E-state index in [1.807, 2.05) is 39.0 Å². The van der Waals surface area contributed by atoms with Crippen molar-refractivity contribution in [2.75, 3.05) is 4.90 Å². The van der Waals surface area contributed by atoms with Gasteiger partial charge in [0.1, 0.15) is 5.54 Å². The molecule has 4 nitrogen and oxygen atoms in total. The Morgan fingerprint density at radius 1 is 1.06 bits per heavy atom. The Bertz CT molecular complexity index is 1050. The van der Waals surface area contributed by atoms with Crippen LogP contribution in [0.15, 0.2) is 42.5 Å². The summed E-state index contributed by atoms with van der Waals surface area (Å²) in [5, 5.41) is 17.2. The fourth-order valence-electron chi connectivity index (χ4n) is 4.55. The van der Waals surface area contributed by atoms with E-state index >= 15 is 0 Å². The highest BCUT2D eigenvalue weighted by Crippen LogP contribution is 2.39. The van der Waals surface area contributed by atoms with E-state index in [0.29, 0.717) is 6.42 Å². The van der Waals surface area contributed by atoms with Gasteiger partial charge < -0.3 is 4.90 Å². The quantitative estimate of drug-likeness (QED) is 0.352. The van der Waals surface area contributed by atoms with E-state index < -0.39 is 5.54 Å². The van der Waals surface area contributed by atoms with E-state index in [9.17, 15) is 4.79 Å². The van der Waals surface area contributed by atoms with Gasteiger partial charge in [-0.15, -0.1) is 0 Å². The number of hydrogen-bond acceptors (Lipinski definition) is 4. The summed E-state index contributed by atoms with van der Waals surface area (Å²) < 4.78 is 0. The Morgan fingerprint density at radius 3 is 2.18 bits per heavy atom. The smallest absolute Gasteiger partial charge is 0.155 e. The van der Waals surface area contributed by atoms with Crippen molar-refractivity contribution < 1.29 is 4.79 Å². The molecule has 0 spiro atoms. The first-order valence-electron chi connectivity index (χ1n) is 11.5. The van der Waals surface area contributed by atoms with Crippen molar-refractivity contribution in [3.63, 3.8) is 0 Å². The van der Waals surface area contributed by atoms with Crippen molar-refractivity contribution in [2.45, 2.75) is 78.2 Å². The van der Waals surface area contributed by atoms with Crippen molar-refractivity contribution in [1.29, 1.82) is 10.5 Å². The third kappa shape index (κ3) is 6.73. The molecule has 0 heterocycles. The molecule has 1 aliphatic rings. The zero-order valence-corrected chi connectivity index (χ0v) is 21.0. The second-order valence-electron chi connectivity index (χ2n) is 8.76. The van der Waals surface area contributed by atoms with Gasteiger partial charge in [-0.05, 0) is 82.7 Å². The molecule has 0 amide bonds. The molecule has 0 atom stereocenters. The van der Waals surface area contributed by atoms with Gasteiger partial charge in [0, 0.05) is 12.1 Å². The van der Waals surface area contributed by atoms with Gasteiger partial charge in [-0.1, -0.05) is 54.9 Å². The van der Waals surface area contributed by atoms with Gasteiger partial charge in [-0.2, -0.15) is 10.5 Å². The van der Waals surface area contributed by atoms with Crippen molar-refractivity contribution in [1.82, 2.24) is 0 Å². The number of carbonyl (C=O) groups is 1.